The number of likely N-dealkylation sites (tertiary alicyclic amines) is 1. The van der Waals surface area contributed by atoms with Crippen LogP contribution in [0.4, 0.5) is 0 Å². The fourth-order valence-corrected chi connectivity index (χ4v) is 2.78. The Kier molecular flexibility index (Phi) is 3.50. The Bertz CT molecular complexity index is 652. The number of hydrogen-bond donors (Lipinski definition) is 0. The highest BCUT2D eigenvalue weighted by Gasteiger charge is 2.25. The summed E-state index contributed by atoms with van der Waals surface area (Å²) in [7, 11) is 0. The van der Waals surface area contributed by atoms with Crippen LogP contribution in [0.25, 0.3) is 10.8 Å². The van der Waals surface area contributed by atoms with E-state index < -0.39 is 0 Å². The minimum atomic E-state index is -0.385. The minimum absolute atomic E-state index is 0.360. The van der Waals surface area contributed by atoms with E-state index in [9.17, 15) is 9.59 Å². The van der Waals surface area contributed by atoms with Crippen LogP contribution >= 0.6 is 0 Å². The quantitative estimate of drug-likeness (QED) is 0.619. The Labute approximate surface area is 118 Å². The molecule has 3 heteroatoms. The number of piperidine rings is 1. The molecular formula is C17H17NO2. The number of ketones is 1. The summed E-state index contributed by atoms with van der Waals surface area (Å²) in [6.07, 6.45) is 3.13. The van der Waals surface area contributed by atoms with Crippen molar-refractivity contribution in [2.45, 2.75) is 19.3 Å². The molecule has 0 aliphatic carbocycles. The molecule has 20 heavy (non-hydrogen) atoms. The highest BCUT2D eigenvalue weighted by Crippen LogP contribution is 2.20. The molecule has 102 valence electrons. The van der Waals surface area contributed by atoms with E-state index in [0.29, 0.717) is 18.7 Å². The third kappa shape index (κ3) is 2.31. The molecule has 1 aliphatic heterocycles. The summed E-state index contributed by atoms with van der Waals surface area (Å²) in [5.41, 5.74) is 0.513. The second kappa shape index (κ2) is 5.45. The first-order valence-corrected chi connectivity index (χ1v) is 7.09. The monoisotopic (exact) mass is 267 g/mol. The van der Waals surface area contributed by atoms with Crippen molar-refractivity contribution in [1.29, 1.82) is 0 Å². The smallest absolute Gasteiger partial charge is 0.294 e. The number of fused-ring (bicyclic) bond motifs is 1. The lowest BCUT2D eigenvalue weighted by atomic mass is 10.00. The van der Waals surface area contributed by atoms with Crippen LogP contribution in [0.2, 0.25) is 0 Å². The molecule has 0 radical (unpaired) electrons. The normalized spacial score (nSPS) is 15.3. The molecule has 1 saturated heterocycles. The Balaban J connectivity index is 1.94. The summed E-state index contributed by atoms with van der Waals surface area (Å²) in [4.78, 5) is 26.5. The van der Waals surface area contributed by atoms with Crippen LogP contribution in [0.5, 0.6) is 0 Å². The van der Waals surface area contributed by atoms with Crippen molar-refractivity contribution in [3.63, 3.8) is 0 Å². The van der Waals surface area contributed by atoms with E-state index in [4.69, 9.17) is 0 Å². The average molecular weight is 267 g/mol. The van der Waals surface area contributed by atoms with Crippen molar-refractivity contribution in [1.82, 2.24) is 4.90 Å². The molecule has 3 rings (SSSR count). The SMILES string of the molecule is O=C(C(=O)N1CCCCC1)c1cccc2ccccc12. The molecule has 0 saturated carbocycles. The third-order valence-electron chi connectivity index (χ3n) is 3.87. The summed E-state index contributed by atoms with van der Waals surface area (Å²) in [5.74, 6) is -0.746. The van der Waals surface area contributed by atoms with E-state index in [0.717, 1.165) is 30.0 Å². The molecule has 0 unspecified atom stereocenters. The second-order valence-electron chi connectivity index (χ2n) is 5.21. The Morgan fingerprint density at radius 2 is 1.55 bits per heavy atom. The Morgan fingerprint density at radius 3 is 2.35 bits per heavy atom. The van der Waals surface area contributed by atoms with Crippen LogP contribution in [0.3, 0.4) is 0 Å². The maximum Gasteiger partial charge on any atom is 0.294 e. The fraction of sp³-hybridized carbons (Fsp3) is 0.294. The standard InChI is InChI=1S/C17H17NO2/c19-16(17(20)18-11-4-1-5-12-18)15-10-6-8-13-7-2-3-9-14(13)15/h2-3,6-10H,1,4-5,11-12H2. The molecule has 0 bridgehead atoms. The van der Waals surface area contributed by atoms with E-state index in [1.54, 1.807) is 11.0 Å². The van der Waals surface area contributed by atoms with Gasteiger partial charge in [-0.25, -0.2) is 0 Å². The molecule has 1 fully saturated rings. The van der Waals surface area contributed by atoms with Gasteiger partial charge >= 0.3 is 0 Å². The Hall–Kier alpha value is -2.16. The molecule has 0 spiro atoms. The van der Waals surface area contributed by atoms with Gasteiger partial charge in [0.1, 0.15) is 0 Å². The van der Waals surface area contributed by atoms with E-state index >= 15 is 0 Å². The molecule has 2 aromatic carbocycles. The zero-order chi connectivity index (χ0) is 13.9. The molecule has 1 heterocycles. The van der Waals surface area contributed by atoms with Crippen molar-refractivity contribution in [2.75, 3.05) is 13.1 Å². The molecule has 2 aromatic rings. The molecule has 0 aromatic heterocycles. The van der Waals surface area contributed by atoms with E-state index in [1.165, 1.54) is 0 Å². The van der Waals surface area contributed by atoms with E-state index in [-0.39, 0.29) is 11.7 Å². The Morgan fingerprint density at radius 1 is 0.850 bits per heavy atom. The van der Waals surface area contributed by atoms with Gasteiger partial charge in [-0.2, -0.15) is 0 Å². The lowest BCUT2D eigenvalue weighted by molar-refractivity contribution is -0.127. The highest BCUT2D eigenvalue weighted by molar-refractivity contribution is 6.44. The zero-order valence-electron chi connectivity index (χ0n) is 11.3. The lowest BCUT2D eigenvalue weighted by Crippen LogP contribution is -2.40. The highest BCUT2D eigenvalue weighted by atomic mass is 16.2. The van der Waals surface area contributed by atoms with Crippen LogP contribution in [0.1, 0.15) is 29.6 Å². The van der Waals surface area contributed by atoms with Crippen molar-refractivity contribution in [3.05, 3.63) is 48.0 Å². The van der Waals surface area contributed by atoms with Gasteiger partial charge in [-0.05, 0) is 30.0 Å². The molecule has 0 N–H and O–H groups in total. The summed E-state index contributed by atoms with van der Waals surface area (Å²) in [6.45, 7) is 1.41. The van der Waals surface area contributed by atoms with Gasteiger partial charge < -0.3 is 4.90 Å². The second-order valence-corrected chi connectivity index (χ2v) is 5.21. The first-order valence-electron chi connectivity index (χ1n) is 7.09. The number of Topliss-reactive ketones (excluding diaryl/α,β-unsaturated/α-hetero) is 1. The minimum Gasteiger partial charge on any atom is -0.336 e. The summed E-state index contributed by atoms with van der Waals surface area (Å²) >= 11 is 0. The van der Waals surface area contributed by atoms with Crippen LogP contribution in [-0.4, -0.2) is 29.7 Å². The number of carbonyl (C=O) groups is 2. The lowest BCUT2D eigenvalue weighted by Gasteiger charge is -2.26. The molecule has 0 atom stereocenters. The van der Waals surface area contributed by atoms with Gasteiger partial charge in [0, 0.05) is 18.7 Å². The number of rotatable bonds is 2. The maximum absolute atomic E-state index is 12.5. The maximum atomic E-state index is 12.5. The van der Waals surface area contributed by atoms with Crippen molar-refractivity contribution < 1.29 is 9.59 Å². The van der Waals surface area contributed by atoms with Crippen LogP contribution < -0.4 is 0 Å². The van der Waals surface area contributed by atoms with Crippen molar-refractivity contribution in [3.8, 4) is 0 Å². The predicted octanol–water partition coefficient (Wildman–Crippen LogP) is 3.04. The van der Waals surface area contributed by atoms with Gasteiger partial charge in [-0.3, -0.25) is 9.59 Å². The first kappa shape index (κ1) is 12.9. The van der Waals surface area contributed by atoms with E-state index in [2.05, 4.69) is 0 Å². The number of nitrogens with zero attached hydrogens (tertiary/aromatic N) is 1. The van der Waals surface area contributed by atoms with Gasteiger partial charge in [0.25, 0.3) is 11.7 Å². The largest absolute Gasteiger partial charge is 0.336 e. The van der Waals surface area contributed by atoms with E-state index in [1.807, 2.05) is 36.4 Å². The zero-order valence-corrected chi connectivity index (χ0v) is 11.3. The molecule has 3 nitrogen and oxygen atoms in total. The van der Waals surface area contributed by atoms with Gasteiger partial charge in [0.2, 0.25) is 0 Å². The van der Waals surface area contributed by atoms with Gasteiger partial charge in [0.15, 0.2) is 0 Å². The summed E-state index contributed by atoms with van der Waals surface area (Å²) < 4.78 is 0. The number of hydrogen-bond acceptors (Lipinski definition) is 2. The molecule has 1 amide bonds. The van der Waals surface area contributed by atoms with Crippen LogP contribution in [-0.2, 0) is 4.79 Å². The van der Waals surface area contributed by atoms with Crippen molar-refractivity contribution >= 4 is 22.5 Å². The fourth-order valence-electron chi connectivity index (χ4n) is 2.78. The van der Waals surface area contributed by atoms with Gasteiger partial charge in [-0.1, -0.05) is 42.5 Å². The van der Waals surface area contributed by atoms with Gasteiger partial charge in [0.05, 0.1) is 0 Å². The van der Waals surface area contributed by atoms with Gasteiger partial charge in [-0.15, -0.1) is 0 Å². The first-order chi connectivity index (χ1) is 9.77. The number of carbonyl (C=O) groups excluding carboxylic acids is 2. The van der Waals surface area contributed by atoms with Crippen LogP contribution in [0.15, 0.2) is 42.5 Å². The average Bonchev–Trinajstić information content (AvgIpc) is 2.54. The number of benzene rings is 2. The third-order valence-corrected chi connectivity index (χ3v) is 3.87. The summed E-state index contributed by atoms with van der Waals surface area (Å²) in [5, 5.41) is 1.84. The topological polar surface area (TPSA) is 37.4 Å². The van der Waals surface area contributed by atoms with Crippen LogP contribution in [0, 0.1) is 0 Å². The molecular weight excluding hydrogens is 250 g/mol. The predicted molar refractivity (Wildman–Crippen MR) is 78.7 cm³/mol. The number of amides is 1. The molecule has 1 aliphatic rings. The van der Waals surface area contributed by atoms with Crippen molar-refractivity contribution in [2.24, 2.45) is 0 Å². The summed E-state index contributed by atoms with van der Waals surface area (Å²) in [6, 6.07) is 13.2.